The SMILES string of the molecule is COCCNCCCNCC(COC)OC. The second-order valence-corrected chi connectivity index (χ2v) is 3.61. The van der Waals surface area contributed by atoms with E-state index in [1.807, 2.05) is 0 Å². The number of hydrogen-bond acceptors (Lipinski definition) is 5. The smallest absolute Gasteiger partial charge is 0.0928 e. The average molecular weight is 234 g/mol. The molecule has 0 aliphatic rings. The minimum absolute atomic E-state index is 0.145. The predicted molar refractivity (Wildman–Crippen MR) is 64.9 cm³/mol. The van der Waals surface area contributed by atoms with E-state index in [0.717, 1.165) is 39.2 Å². The highest BCUT2D eigenvalue weighted by Gasteiger charge is 2.04. The monoisotopic (exact) mass is 234 g/mol. The van der Waals surface area contributed by atoms with Crippen LogP contribution in [0.4, 0.5) is 0 Å². The van der Waals surface area contributed by atoms with Crippen molar-refractivity contribution in [3.05, 3.63) is 0 Å². The zero-order valence-electron chi connectivity index (χ0n) is 10.8. The van der Waals surface area contributed by atoms with Gasteiger partial charge in [0.1, 0.15) is 0 Å². The molecule has 0 rings (SSSR count). The molecule has 0 saturated carbocycles. The first-order valence-corrected chi connectivity index (χ1v) is 5.77. The van der Waals surface area contributed by atoms with Gasteiger partial charge in [0.05, 0.1) is 19.3 Å². The summed E-state index contributed by atoms with van der Waals surface area (Å²) in [7, 11) is 5.10. The first-order chi connectivity index (χ1) is 7.85. The normalized spacial score (nSPS) is 12.9. The zero-order chi connectivity index (χ0) is 12.1. The molecular formula is C11H26N2O3. The van der Waals surface area contributed by atoms with E-state index in [0.29, 0.717) is 6.61 Å². The van der Waals surface area contributed by atoms with Crippen molar-refractivity contribution in [2.45, 2.75) is 12.5 Å². The number of methoxy groups -OCH3 is 3. The van der Waals surface area contributed by atoms with Crippen molar-refractivity contribution in [2.75, 3.05) is 60.7 Å². The van der Waals surface area contributed by atoms with Crippen LogP contribution in [0.15, 0.2) is 0 Å². The second kappa shape index (κ2) is 12.9. The lowest BCUT2D eigenvalue weighted by atomic mass is 10.3. The molecule has 98 valence electrons. The molecular weight excluding hydrogens is 208 g/mol. The minimum Gasteiger partial charge on any atom is -0.383 e. The van der Waals surface area contributed by atoms with Crippen molar-refractivity contribution in [3.63, 3.8) is 0 Å². The van der Waals surface area contributed by atoms with Crippen LogP contribution < -0.4 is 10.6 Å². The lowest BCUT2D eigenvalue weighted by Crippen LogP contribution is -2.33. The minimum atomic E-state index is 0.145. The van der Waals surface area contributed by atoms with Gasteiger partial charge in [-0.3, -0.25) is 0 Å². The topological polar surface area (TPSA) is 51.8 Å². The lowest BCUT2D eigenvalue weighted by molar-refractivity contribution is 0.0290. The Bertz CT molecular complexity index is 136. The van der Waals surface area contributed by atoms with E-state index in [9.17, 15) is 0 Å². The fraction of sp³-hybridized carbons (Fsp3) is 1.00. The highest BCUT2D eigenvalue weighted by Crippen LogP contribution is 1.88. The molecule has 0 aliphatic heterocycles. The summed E-state index contributed by atoms with van der Waals surface area (Å²) in [6, 6.07) is 0. The van der Waals surface area contributed by atoms with E-state index in [1.165, 1.54) is 0 Å². The maximum absolute atomic E-state index is 5.23. The van der Waals surface area contributed by atoms with E-state index >= 15 is 0 Å². The summed E-state index contributed by atoms with van der Waals surface area (Å²) in [5, 5.41) is 6.63. The number of nitrogens with one attached hydrogen (secondary N) is 2. The van der Waals surface area contributed by atoms with Gasteiger partial charge in [-0.05, 0) is 19.5 Å². The Morgan fingerprint density at radius 1 is 0.938 bits per heavy atom. The third kappa shape index (κ3) is 10.3. The standard InChI is InChI=1S/C11H26N2O3/c1-14-8-7-12-5-4-6-13-9-11(16-3)10-15-2/h11-13H,4-10H2,1-3H3. The molecule has 0 fully saturated rings. The fourth-order valence-electron chi connectivity index (χ4n) is 1.30. The maximum Gasteiger partial charge on any atom is 0.0928 e. The third-order valence-corrected chi connectivity index (χ3v) is 2.25. The van der Waals surface area contributed by atoms with Crippen molar-refractivity contribution in [3.8, 4) is 0 Å². The van der Waals surface area contributed by atoms with Gasteiger partial charge in [-0.15, -0.1) is 0 Å². The van der Waals surface area contributed by atoms with Crippen molar-refractivity contribution >= 4 is 0 Å². The Morgan fingerprint density at radius 3 is 2.31 bits per heavy atom. The van der Waals surface area contributed by atoms with Crippen LogP contribution >= 0.6 is 0 Å². The van der Waals surface area contributed by atoms with Gasteiger partial charge in [0.25, 0.3) is 0 Å². The quantitative estimate of drug-likeness (QED) is 0.461. The second-order valence-electron chi connectivity index (χ2n) is 3.61. The summed E-state index contributed by atoms with van der Waals surface area (Å²) in [5.74, 6) is 0. The van der Waals surface area contributed by atoms with Crippen LogP contribution in [-0.4, -0.2) is 66.8 Å². The first-order valence-electron chi connectivity index (χ1n) is 5.77. The molecule has 0 bridgehead atoms. The number of hydrogen-bond donors (Lipinski definition) is 2. The molecule has 0 aliphatic carbocycles. The summed E-state index contributed by atoms with van der Waals surface area (Å²) < 4.78 is 15.2. The Kier molecular flexibility index (Phi) is 12.7. The van der Waals surface area contributed by atoms with Gasteiger partial charge in [-0.1, -0.05) is 0 Å². The first kappa shape index (κ1) is 15.8. The third-order valence-electron chi connectivity index (χ3n) is 2.25. The molecule has 0 aromatic carbocycles. The van der Waals surface area contributed by atoms with Gasteiger partial charge in [-0.2, -0.15) is 0 Å². The van der Waals surface area contributed by atoms with Crippen molar-refractivity contribution < 1.29 is 14.2 Å². The molecule has 5 heteroatoms. The highest BCUT2D eigenvalue weighted by atomic mass is 16.5. The summed E-state index contributed by atoms with van der Waals surface area (Å²) in [6.45, 7) is 5.16. The number of rotatable bonds is 12. The molecule has 1 unspecified atom stereocenters. The van der Waals surface area contributed by atoms with E-state index in [-0.39, 0.29) is 6.10 Å². The molecule has 16 heavy (non-hydrogen) atoms. The Morgan fingerprint density at radius 2 is 1.69 bits per heavy atom. The molecule has 0 saturated heterocycles. The summed E-state index contributed by atoms with van der Waals surface area (Å²) in [6.07, 6.45) is 1.25. The molecule has 1 atom stereocenters. The Labute approximate surface area is 98.8 Å². The van der Waals surface area contributed by atoms with Gasteiger partial charge in [-0.25, -0.2) is 0 Å². The van der Waals surface area contributed by atoms with Crippen LogP contribution in [0.25, 0.3) is 0 Å². The van der Waals surface area contributed by atoms with Crippen LogP contribution in [0.1, 0.15) is 6.42 Å². The maximum atomic E-state index is 5.23. The number of ether oxygens (including phenoxy) is 3. The summed E-state index contributed by atoms with van der Waals surface area (Å²) in [5.41, 5.74) is 0. The molecule has 0 aromatic rings. The predicted octanol–water partition coefficient (Wildman–Crippen LogP) is -0.136. The molecule has 5 nitrogen and oxygen atoms in total. The highest BCUT2D eigenvalue weighted by molar-refractivity contribution is 4.60. The molecule has 0 radical (unpaired) electrons. The van der Waals surface area contributed by atoms with E-state index in [2.05, 4.69) is 10.6 Å². The van der Waals surface area contributed by atoms with Crippen LogP contribution in [0, 0.1) is 0 Å². The van der Waals surface area contributed by atoms with E-state index in [1.54, 1.807) is 21.3 Å². The molecule has 0 spiro atoms. The van der Waals surface area contributed by atoms with Crippen LogP contribution in [0.5, 0.6) is 0 Å². The average Bonchev–Trinajstić information content (AvgIpc) is 2.31. The van der Waals surface area contributed by atoms with Crippen molar-refractivity contribution in [1.29, 1.82) is 0 Å². The van der Waals surface area contributed by atoms with Crippen LogP contribution in [-0.2, 0) is 14.2 Å². The van der Waals surface area contributed by atoms with Crippen LogP contribution in [0.2, 0.25) is 0 Å². The van der Waals surface area contributed by atoms with E-state index < -0.39 is 0 Å². The largest absolute Gasteiger partial charge is 0.383 e. The van der Waals surface area contributed by atoms with Gasteiger partial charge < -0.3 is 24.8 Å². The van der Waals surface area contributed by atoms with Gasteiger partial charge in [0.15, 0.2) is 0 Å². The van der Waals surface area contributed by atoms with Crippen molar-refractivity contribution in [1.82, 2.24) is 10.6 Å². The fourth-order valence-corrected chi connectivity index (χ4v) is 1.30. The lowest BCUT2D eigenvalue weighted by Gasteiger charge is -2.14. The molecule has 2 N–H and O–H groups in total. The molecule has 0 aromatic heterocycles. The van der Waals surface area contributed by atoms with E-state index in [4.69, 9.17) is 14.2 Å². The summed E-state index contributed by atoms with van der Waals surface area (Å²) >= 11 is 0. The molecule has 0 amide bonds. The Balaban J connectivity index is 3.12. The zero-order valence-corrected chi connectivity index (χ0v) is 10.8. The Hall–Kier alpha value is -0.200. The van der Waals surface area contributed by atoms with Gasteiger partial charge >= 0.3 is 0 Å². The van der Waals surface area contributed by atoms with Gasteiger partial charge in [0.2, 0.25) is 0 Å². The van der Waals surface area contributed by atoms with Gasteiger partial charge in [0, 0.05) is 34.4 Å². The van der Waals surface area contributed by atoms with Crippen LogP contribution in [0.3, 0.4) is 0 Å². The molecule has 0 heterocycles. The summed E-state index contributed by atoms with van der Waals surface area (Å²) in [4.78, 5) is 0. The van der Waals surface area contributed by atoms with Crippen molar-refractivity contribution in [2.24, 2.45) is 0 Å².